The third-order valence-electron chi connectivity index (χ3n) is 4.16. The summed E-state index contributed by atoms with van der Waals surface area (Å²) >= 11 is 0. The number of nitrogens with one attached hydrogen (secondary N) is 2. The maximum Gasteiger partial charge on any atom is 0.251 e. The highest BCUT2D eigenvalue weighted by atomic mass is 16.2. The van der Waals surface area contributed by atoms with E-state index in [0.717, 1.165) is 11.1 Å². The van der Waals surface area contributed by atoms with Crippen LogP contribution in [-0.4, -0.2) is 16.8 Å². The molecule has 2 aromatic carbocycles. The minimum absolute atomic E-state index is 0.169. The van der Waals surface area contributed by atoms with Crippen molar-refractivity contribution in [2.75, 3.05) is 0 Å². The normalized spacial score (nSPS) is 10.3. The van der Waals surface area contributed by atoms with Crippen LogP contribution in [0.3, 0.4) is 0 Å². The molecule has 2 amide bonds. The number of nitrogens with zero attached hydrogens (tertiary/aromatic N) is 1. The fourth-order valence-corrected chi connectivity index (χ4v) is 2.55. The molecule has 0 aliphatic heterocycles. The van der Waals surface area contributed by atoms with E-state index in [-0.39, 0.29) is 11.8 Å². The number of benzene rings is 2. The Balaban J connectivity index is 1.53. The molecule has 5 heteroatoms. The van der Waals surface area contributed by atoms with Crippen molar-refractivity contribution in [1.82, 2.24) is 15.6 Å². The van der Waals surface area contributed by atoms with Crippen LogP contribution < -0.4 is 10.6 Å². The molecule has 0 radical (unpaired) electrons. The molecule has 0 aliphatic rings. The smallest absolute Gasteiger partial charge is 0.251 e. The number of hydrogen-bond acceptors (Lipinski definition) is 3. The third kappa shape index (κ3) is 5.25. The Hall–Kier alpha value is -3.47. The van der Waals surface area contributed by atoms with Gasteiger partial charge >= 0.3 is 0 Å². The predicted molar refractivity (Wildman–Crippen MR) is 104 cm³/mol. The molecule has 0 atom stereocenters. The van der Waals surface area contributed by atoms with Crippen LogP contribution in [0.4, 0.5) is 0 Å². The van der Waals surface area contributed by atoms with Crippen molar-refractivity contribution in [3.63, 3.8) is 0 Å². The van der Waals surface area contributed by atoms with E-state index in [0.29, 0.717) is 24.2 Å². The molecule has 1 aromatic heterocycles. The summed E-state index contributed by atoms with van der Waals surface area (Å²) < 4.78 is 0. The maximum atomic E-state index is 12.3. The van der Waals surface area contributed by atoms with Crippen molar-refractivity contribution in [1.29, 1.82) is 0 Å². The first-order valence-electron chi connectivity index (χ1n) is 8.73. The van der Waals surface area contributed by atoms with Crippen molar-refractivity contribution < 1.29 is 9.59 Å². The second kappa shape index (κ2) is 8.76. The number of pyridine rings is 1. The molecule has 2 N–H and O–H groups in total. The van der Waals surface area contributed by atoms with Gasteiger partial charge in [-0.2, -0.15) is 0 Å². The number of carbonyl (C=O) groups is 2. The van der Waals surface area contributed by atoms with Gasteiger partial charge in [0.15, 0.2) is 0 Å². The van der Waals surface area contributed by atoms with Gasteiger partial charge in [-0.1, -0.05) is 35.9 Å². The highest BCUT2D eigenvalue weighted by Gasteiger charge is 2.09. The summed E-state index contributed by atoms with van der Waals surface area (Å²) in [6.45, 7) is 2.90. The van der Waals surface area contributed by atoms with E-state index in [1.165, 1.54) is 5.56 Å². The minimum Gasteiger partial charge on any atom is -0.348 e. The van der Waals surface area contributed by atoms with Crippen LogP contribution in [0, 0.1) is 6.92 Å². The number of aryl methyl sites for hydroxylation is 1. The van der Waals surface area contributed by atoms with Crippen LogP contribution in [-0.2, 0) is 13.1 Å². The number of rotatable bonds is 6. The van der Waals surface area contributed by atoms with Gasteiger partial charge < -0.3 is 10.6 Å². The van der Waals surface area contributed by atoms with Crippen LogP contribution in [0.15, 0.2) is 73.1 Å². The second-order valence-electron chi connectivity index (χ2n) is 6.29. The summed E-state index contributed by atoms with van der Waals surface area (Å²) in [5.41, 5.74) is 4.18. The van der Waals surface area contributed by atoms with Gasteiger partial charge in [0.05, 0.1) is 0 Å². The highest BCUT2D eigenvalue weighted by Crippen LogP contribution is 2.07. The molecule has 1 heterocycles. The zero-order valence-corrected chi connectivity index (χ0v) is 15.1. The summed E-state index contributed by atoms with van der Waals surface area (Å²) in [6.07, 6.45) is 3.40. The van der Waals surface area contributed by atoms with Crippen LogP contribution in [0.25, 0.3) is 0 Å². The highest BCUT2D eigenvalue weighted by molar-refractivity contribution is 5.97. The van der Waals surface area contributed by atoms with Gasteiger partial charge in [-0.15, -0.1) is 0 Å². The van der Waals surface area contributed by atoms with Crippen molar-refractivity contribution >= 4 is 11.8 Å². The molecule has 5 nitrogen and oxygen atoms in total. The van der Waals surface area contributed by atoms with Crippen molar-refractivity contribution in [2.45, 2.75) is 20.0 Å². The zero-order valence-electron chi connectivity index (χ0n) is 15.1. The molecule has 0 bridgehead atoms. The monoisotopic (exact) mass is 359 g/mol. The molecule has 27 heavy (non-hydrogen) atoms. The first-order chi connectivity index (χ1) is 13.1. The fourth-order valence-electron chi connectivity index (χ4n) is 2.55. The number of amides is 2. The lowest BCUT2D eigenvalue weighted by atomic mass is 10.1. The van der Waals surface area contributed by atoms with Gasteiger partial charge in [-0.3, -0.25) is 14.6 Å². The number of carbonyl (C=O) groups excluding carboxylic acids is 2. The Morgan fingerprint density at radius 2 is 1.33 bits per heavy atom. The van der Waals surface area contributed by atoms with E-state index in [1.807, 2.05) is 43.3 Å². The van der Waals surface area contributed by atoms with Gasteiger partial charge in [-0.25, -0.2) is 0 Å². The van der Waals surface area contributed by atoms with Crippen LogP contribution >= 0.6 is 0 Å². The molecule has 136 valence electrons. The van der Waals surface area contributed by atoms with Crippen molar-refractivity contribution in [2.24, 2.45) is 0 Å². The third-order valence-corrected chi connectivity index (χ3v) is 4.16. The number of aromatic nitrogens is 1. The Bertz CT molecular complexity index is 905. The Morgan fingerprint density at radius 1 is 0.778 bits per heavy atom. The molecular weight excluding hydrogens is 338 g/mol. The molecule has 3 aromatic rings. The summed E-state index contributed by atoms with van der Waals surface area (Å²) in [5.74, 6) is -0.358. The molecule has 3 rings (SSSR count). The lowest BCUT2D eigenvalue weighted by molar-refractivity contribution is 0.0939. The van der Waals surface area contributed by atoms with E-state index in [1.54, 1.807) is 36.7 Å². The van der Waals surface area contributed by atoms with Gasteiger partial charge in [0.1, 0.15) is 0 Å². The van der Waals surface area contributed by atoms with Crippen molar-refractivity contribution in [3.05, 3.63) is 101 Å². The first kappa shape index (κ1) is 18.3. The molecule has 0 saturated heterocycles. The van der Waals surface area contributed by atoms with E-state index >= 15 is 0 Å². The zero-order chi connectivity index (χ0) is 19.1. The molecule has 0 unspecified atom stereocenters. The van der Waals surface area contributed by atoms with E-state index in [9.17, 15) is 9.59 Å². The standard InChI is InChI=1S/C22H21N3O2/c1-16-4-6-17(7-5-16)14-24-21(26)19-8-10-20(11-9-19)22(27)25-15-18-3-2-12-23-13-18/h2-13H,14-15H2,1H3,(H,24,26)(H,25,27). The summed E-state index contributed by atoms with van der Waals surface area (Å²) in [6, 6.07) is 18.4. The molecular formula is C22H21N3O2. The molecule has 0 spiro atoms. The topological polar surface area (TPSA) is 71.1 Å². The first-order valence-corrected chi connectivity index (χ1v) is 8.73. The average molecular weight is 359 g/mol. The van der Waals surface area contributed by atoms with Gasteiger partial charge in [-0.05, 0) is 48.4 Å². The molecule has 0 saturated carbocycles. The van der Waals surface area contributed by atoms with Gasteiger partial charge in [0.25, 0.3) is 11.8 Å². The summed E-state index contributed by atoms with van der Waals surface area (Å²) in [7, 11) is 0. The van der Waals surface area contributed by atoms with E-state index in [2.05, 4.69) is 15.6 Å². The minimum atomic E-state index is -0.189. The van der Waals surface area contributed by atoms with Gasteiger partial charge in [0, 0.05) is 36.6 Å². The maximum absolute atomic E-state index is 12.3. The predicted octanol–water partition coefficient (Wildman–Crippen LogP) is 3.25. The largest absolute Gasteiger partial charge is 0.348 e. The lowest BCUT2D eigenvalue weighted by Gasteiger charge is -2.08. The van der Waals surface area contributed by atoms with E-state index in [4.69, 9.17) is 0 Å². The Labute approximate surface area is 158 Å². The van der Waals surface area contributed by atoms with Crippen molar-refractivity contribution in [3.8, 4) is 0 Å². The van der Waals surface area contributed by atoms with E-state index < -0.39 is 0 Å². The fraction of sp³-hybridized carbons (Fsp3) is 0.136. The summed E-state index contributed by atoms with van der Waals surface area (Å²) in [4.78, 5) is 28.5. The quantitative estimate of drug-likeness (QED) is 0.710. The number of hydrogen-bond donors (Lipinski definition) is 2. The van der Waals surface area contributed by atoms with Gasteiger partial charge in [0.2, 0.25) is 0 Å². The molecule has 0 fully saturated rings. The van der Waals surface area contributed by atoms with Crippen LogP contribution in [0.1, 0.15) is 37.4 Å². The lowest BCUT2D eigenvalue weighted by Crippen LogP contribution is -2.24. The van der Waals surface area contributed by atoms with Crippen LogP contribution in [0.2, 0.25) is 0 Å². The second-order valence-corrected chi connectivity index (χ2v) is 6.29. The average Bonchev–Trinajstić information content (AvgIpc) is 2.72. The Morgan fingerprint density at radius 3 is 1.85 bits per heavy atom. The SMILES string of the molecule is Cc1ccc(CNC(=O)c2ccc(C(=O)NCc3cccnc3)cc2)cc1. The summed E-state index contributed by atoms with van der Waals surface area (Å²) in [5, 5.41) is 5.72. The Kier molecular flexibility index (Phi) is 5.94. The molecule has 0 aliphatic carbocycles. The van der Waals surface area contributed by atoms with Crippen LogP contribution in [0.5, 0.6) is 0 Å².